The highest BCUT2D eigenvalue weighted by Crippen LogP contribution is 2.48. The van der Waals surface area contributed by atoms with Crippen LogP contribution in [0.3, 0.4) is 0 Å². The molecule has 5 heteroatoms. The number of amides is 1. The highest BCUT2D eigenvalue weighted by Gasteiger charge is 2.45. The topological polar surface area (TPSA) is 58.4 Å². The monoisotopic (exact) mass is 271 g/mol. The van der Waals surface area contributed by atoms with Crippen molar-refractivity contribution in [1.82, 2.24) is 4.98 Å². The summed E-state index contributed by atoms with van der Waals surface area (Å²) >= 11 is 0. The minimum absolute atomic E-state index is 0.00336. The van der Waals surface area contributed by atoms with Gasteiger partial charge in [-0.1, -0.05) is 0 Å². The van der Waals surface area contributed by atoms with E-state index in [1.54, 1.807) is 12.5 Å². The largest absolute Gasteiger partial charge is 0.469 e. The van der Waals surface area contributed by atoms with Crippen LogP contribution in [0, 0.1) is 5.92 Å². The molecule has 1 aliphatic carbocycles. The molecule has 2 heterocycles. The number of rotatable bonds is 4. The summed E-state index contributed by atoms with van der Waals surface area (Å²) < 4.78 is 5.35. The predicted octanol–water partition coefficient (Wildman–Crippen LogP) is 2.48. The van der Waals surface area contributed by atoms with Crippen LogP contribution in [0.1, 0.15) is 18.1 Å². The Morgan fingerprint density at radius 3 is 2.95 bits per heavy atom. The van der Waals surface area contributed by atoms with E-state index in [0.29, 0.717) is 0 Å². The Labute approximate surface area is 117 Å². The second kappa shape index (κ2) is 5.00. The maximum absolute atomic E-state index is 12.3. The van der Waals surface area contributed by atoms with Crippen LogP contribution in [-0.2, 0) is 4.79 Å². The molecule has 0 radical (unpaired) electrons. The number of aromatic nitrogens is 1. The van der Waals surface area contributed by atoms with Crippen molar-refractivity contribution < 1.29 is 9.21 Å². The van der Waals surface area contributed by atoms with Gasteiger partial charge in [-0.2, -0.15) is 0 Å². The molecule has 5 nitrogen and oxygen atoms in total. The summed E-state index contributed by atoms with van der Waals surface area (Å²) in [5.41, 5.74) is 0.743. The Morgan fingerprint density at radius 2 is 2.25 bits per heavy atom. The summed E-state index contributed by atoms with van der Waals surface area (Å²) in [7, 11) is 3.81. The first kappa shape index (κ1) is 12.7. The molecule has 0 aromatic carbocycles. The highest BCUT2D eigenvalue weighted by atomic mass is 16.3. The Hall–Kier alpha value is -2.30. The summed E-state index contributed by atoms with van der Waals surface area (Å²) in [6, 6.07) is 7.46. The number of hydrogen-bond acceptors (Lipinski definition) is 4. The van der Waals surface area contributed by atoms with Crippen LogP contribution in [-0.4, -0.2) is 25.0 Å². The first-order chi connectivity index (χ1) is 9.66. The molecule has 0 spiro atoms. The average molecular weight is 271 g/mol. The van der Waals surface area contributed by atoms with Crippen LogP contribution in [0.15, 0.2) is 41.1 Å². The van der Waals surface area contributed by atoms with Crippen LogP contribution >= 0.6 is 0 Å². The predicted molar refractivity (Wildman–Crippen MR) is 76.7 cm³/mol. The third kappa shape index (κ3) is 2.39. The van der Waals surface area contributed by atoms with Crippen molar-refractivity contribution in [2.45, 2.75) is 12.3 Å². The number of furan rings is 1. The molecule has 0 unspecified atom stereocenters. The molecule has 0 aliphatic heterocycles. The van der Waals surface area contributed by atoms with Crippen molar-refractivity contribution in [3.8, 4) is 0 Å². The lowest BCUT2D eigenvalue weighted by Gasteiger charge is -2.16. The second-order valence-electron chi connectivity index (χ2n) is 5.22. The van der Waals surface area contributed by atoms with Crippen molar-refractivity contribution in [2.24, 2.45) is 5.92 Å². The summed E-state index contributed by atoms with van der Waals surface area (Å²) in [6.45, 7) is 0. The molecule has 3 rings (SSSR count). The number of pyridine rings is 1. The minimum Gasteiger partial charge on any atom is -0.469 e. The van der Waals surface area contributed by atoms with E-state index >= 15 is 0 Å². The standard InChI is InChI=1S/C15H17N3O2/c1-18(2)14-12(5-3-7-16-14)17-15(19)11-9-10(11)13-6-4-8-20-13/h3-8,10-11H,9H2,1-2H3,(H,17,19)/t10-,11+/m0/s1. The van der Waals surface area contributed by atoms with Crippen LogP contribution in [0.2, 0.25) is 0 Å². The zero-order valence-corrected chi connectivity index (χ0v) is 11.5. The quantitative estimate of drug-likeness (QED) is 0.928. The van der Waals surface area contributed by atoms with Gasteiger partial charge in [-0.05, 0) is 30.7 Å². The lowest BCUT2D eigenvalue weighted by Crippen LogP contribution is -2.19. The first-order valence-electron chi connectivity index (χ1n) is 6.63. The molecule has 1 amide bonds. The summed E-state index contributed by atoms with van der Waals surface area (Å²) in [5, 5.41) is 2.96. The molecule has 1 saturated carbocycles. The van der Waals surface area contributed by atoms with Gasteiger partial charge in [-0.25, -0.2) is 4.98 Å². The van der Waals surface area contributed by atoms with Gasteiger partial charge in [0.2, 0.25) is 5.91 Å². The third-order valence-corrected chi connectivity index (χ3v) is 3.50. The average Bonchev–Trinajstić information content (AvgIpc) is 3.05. The van der Waals surface area contributed by atoms with Crippen molar-refractivity contribution in [3.05, 3.63) is 42.5 Å². The number of carbonyl (C=O) groups is 1. The van der Waals surface area contributed by atoms with Gasteiger partial charge in [0.05, 0.1) is 12.0 Å². The van der Waals surface area contributed by atoms with E-state index in [-0.39, 0.29) is 17.7 Å². The van der Waals surface area contributed by atoms with Crippen molar-refractivity contribution in [3.63, 3.8) is 0 Å². The summed E-state index contributed by atoms with van der Waals surface area (Å²) in [5.74, 6) is 1.89. The van der Waals surface area contributed by atoms with Gasteiger partial charge in [-0.3, -0.25) is 4.79 Å². The molecule has 2 aromatic heterocycles. The van der Waals surface area contributed by atoms with Crippen molar-refractivity contribution in [1.29, 1.82) is 0 Å². The van der Waals surface area contributed by atoms with Gasteiger partial charge >= 0.3 is 0 Å². The third-order valence-electron chi connectivity index (χ3n) is 3.50. The van der Waals surface area contributed by atoms with E-state index < -0.39 is 0 Å². The SMILES string of the molecule is CN(C)c1ncccc1NC(=O)[C@@H]1C[C@@H]1c1ccco1. The Morgan fingerprint density at radius 1 is 1.40 bits per heavy atom. The zero-order chi connectivity index (χ0) is 14.1. The first-order valence-corrected chi connectivity index (χ1v) is 6.63. The fourth-order valence-corrected chi connectivity index (χ4v) is 2.38. The minimum atomic E-state index is -0.00336. The molecule has 1 fully saturated rings. The molecule has 1 aliphatic rings. The molecule has 104 valence electrons. The number of hydrogen-bond donors (Lipinski definition) is 1. The van der Waals surface area contributed by atoms with Gasteiger partial charge in [-0.15, -0.1) is 0 Å². The fourth-order valence-electron chi connectivity index (χ4n) is 2.38. The Balaban J connectivity index is 1.69. The van der Waals surface area contributed by atoms with Gasteiger partial charge in [0.1, 0.15) is 5.76 Å². The van der Waals surface area contributed by atoms with E-state index in [9.17, 15) is 4.79 Å². The molecule has 0 bridgehead atoms. The van der Waals surface area contributed by atoms with E-state index in [0.717, 1.165) is 23.7 Å². The van der Waals surface area contributed by atoms with Gasteiger partial charge in [0, 0.05) is 32.1 Å². The van der Waals surface area contributed by atoms with Crippen LogP contribution < -0.4 is 10.2 Å². The normalized spacial score (nSPS) is 20.5. The van der Waals surface area contributed by atoms with E-state index in [4.69, 9.17) is 4.42 Å². The lowest BCUT2D eigenvalue weighted by atomic mass is 10.2. The van der Waals surface area contributed by atoms with Crippen molar-refractivity contribution in [2.75, 3.05) is 24.3 Å². The molecule has 2 atom stereocenters. The van der Waals surface area contributed by atoms with Crippen LogP contribution in [0.25, 0.3) is 0 Å². The number of nitrogens with one attached hydrogen (secondary N) is 1. The Kier molecular flexibility index (Phi) is 3.18. The van der Waals surface area contributed by atoms with Crippen molar-refractivity contribution >= 4 is 17.4 Å². The number of carbonyl (C=O) groups excluding carboxylic acids is 1. The number of anilines is 2. The maximum Gasteiger partial charge on any atom is 0.228 e. The molecule has 0 saturated heterocycles. The second-order valence-corrected chi connectivity index (χ2v) is 5.22. The van der Waals surface area contributed by atoms with Gasteiger partial charge in [0.25, 0.3) is 0 Å². The molecule has 2 aromatic rings. The fraction of sp³-hybridized carbons (Fsp3) is 0.333. The molecule has 1 N–H and O–H groups in total. The van der Waals surface area contributed by atoms with Gasteiger partial charge in [0.15, 0.2) is 5.82 Å². The van der Waals surface area contributed by atoms with E-state index in [1.165, 1.54) is 0 Å². The smallest absolute Gasteiger partial charge is 0.228 e. The number of nitrogens with zero attached hydrogens (tertiary/aromatic N) is 2. The van der Waals surface area contributed by atoms with Crippen LogP contribution in [0.5, 0.6) is 0 Å². The summed E-state index contributed by atoms with van der Waals surface area (Å²) in [6.07, 6.45) is 4.21. The highest BCUT2D eigenvalue weighted by molar-refractivity contribution is 5.97. The Bertz CT molecular complexity index is 607. The molecular formula is C15H17N3O2. The van der Waals surface area contributed by atoms with Gasteiger partial charge < -0.3 is 14.6 Å². The summed E-state index contributed by atoms with van der Waals surface area (Å²) in [4.78, 5) is 18.4. The molecule has 20 heavy (non-hydrogen) atoms. The molecular weight excluding hydrogens is 254 g/mol. The maximum atomic E-state index is 12.3. The van der Waals surface area contributed by atoms with E-state index in [1.807, 2.05) is 43.3 Å². The van der Waals surface area contributed by atoms with Crippen LogP contribution in [0.4, 0.5) is 11.5 Å². The van der Waals surface area contributed by atoms with E-state index in [2.05, 4.69) is 10.3 Å². The zero-order valence-electron chi connectivity index (χ0n) is 11.5. The lowest BCUT2D eigenvalue weighted by molar-refractivity contribution is -0.117.